The summed E-state index contributed by atoms with van der Waals surface area (Å²) < 4.78 is 10.7. The number of carbonyl (C=O) groups is 1. The van der Waals surface area contributed by atoms with Crippen LogP contribution in [-0.2, 0) is 13.0 Å². The fourth-order valence-corrected chi connectivity index (χ4v) is 3.18. The topological polar surface area (TPSA) is 54.7 Å². The van der Waals surface area contributed by atoms with Gasteiger partial charge in [0, 0.05) is 11.4 Å². The first-order valence-corrected chi connectivity index (χ1v) is 8.88. The molecule has 0 unspecified atom stereocenters. The van der Waals surface area contributed by atoms with E-state index in [0.29, 0.717) is 24.5 Å². The van der Waals surface area contributed by atoms with Crippen molar-refractivity contribution in [1.82, 2.24) is 4.90 Å². The molecule has 0 saturated heterocycles. The lowest BCUT2D eigenvalue weighted by atomic mass is 10.3. The Bertz CT molecular complexity index is 785. The first-order valence-electron chi connectivity index (χ1n) is 8.00. The number of furan rings is 1. The molecule has 0 saturated carbocycles. The molecule has 2 heterocycles. The van der Waals surface area contributed by atoms with Crippen molar-refractivity contribution in [3.05, 3.63) is 70.8 Å². The Hall–Kier alpha value is -2.73. The maximum Gasteiger partial charge on any atom is 0.322 e. The molecule has 0 bridgehead atoms. The van der Waals surface area contributed by atoms with E-state index in [1.165, 1.54) is 4.88 Å². The van der Waals surface area contributed by atoms with Crippen molar-refractivity contribution in [2.75, 3.05) is 19.0 Å². The number of methoxy groups -OCH3 is 1. The van der Waals surface area contributed by atoms with Gasteiger partial charge in [0.05, 0.1) is 25.6 Å². The van der Waals surface area contributed by atoms with Crippen LogP contribution in [0, 0.1) is 0 Å². The largest absolute Gasteiger partial charge is 0.495 e. The van der Waals surface area contributed by atoms with Crippen LogP contribution in [0.25, 0.3) is 0 Å². The number of hydrogen-bond acceptors (Lipinski definition) is 4. The molecule has 25 heavy (non-hydrogen) atoms. The fraction of sp³-hybridized carbons (Fsp3) is 0.211. The predicted octanol–water partition coefficient (Wildman–Crippen LogP) is 4.63. The zero-order chi connectivity index (χ0) is 17.5. The number of para-hydroxylation sites is 2. The molecule has 0 aliphatic carbocycles. The first-order chi connectivity index (χ1) is 12.3. The summed E-state index contributed by atoms with van der Waals surface area (Å²) in [6, 6.07) is 15.0. The average Bonchev–Trinajstić information content (AvgIpc) is 3.32. The summed E-state index contributed by atoms with van der Waals surface area (Å²) in [4.78, 5) is 15.8. The number of ether oxygens (including phenoxy) is 1. The highest BCUT2D eigenvalue weighted by atomic mass is 32.1. The minimum absolute atomic E-state index is 0.183. The molecule has 1 N–H and O–H groups in total. The van der Waals surface area contributed by atoms with Crippen molar-refractivity contribution >= 4 is 23.1 Å². The van der Waals surface area contributed by atoms with Gasteiger partial charge in [-0.15, -0.1) is 11.3 Å². The number of rotatable bonds is 7. The van der Waals surface area contributed by atoms with Gasteiger partial charge in [0.15, 0.2) is 0 Å². The van der Waals surface area contributed by atoms with Gasteiger partial charge in [-0.3, -0.25) is 0 Å². The van der Waals surface area contributed by atoms with Gasteiger partial charge in [-0.05, 0) is 42.1 Å². The van der Waals surface area contributed by atoms with Gasteiger partial charge in [0.1, 0.15) is 11.5 Å². The van der Waals surface area contributed by atoms with Gasteiger partial charge < -0.3 is 19.4 Å². The van der Waals surface area contributed by atoms with Crippen molar-refractivity contribution in [3.8, 4) is 5.75 Å². The normalized spacial score (nSPS) is 10.4. The molecule has 5 nitrogen and oxygen atoms in total. The van der Waals surface area contributed by atoms with E-state index in [-0.39, 0.29) is 6.03 Å². The molecule has 0 aliphatic heterocycles. The van der Waals surface area contributed by atoms with Gasteiger partial charge in [0.25, 0.3) is 0 Å². The molecule has 2 aromatic heterocycles. The van der Waals surface area contributed by atoms with E-state index in [0.717, 1.165) is 12.2 Å². The molecule has 0 spiro atoms. The molecule has 0 aliphatic rings. The number of benzene rings is 1. The van der Waals surface area contributed by atoms with Crippen LogP contribution >= 0.6 is 11.3 Å². The number of anilines is 1. The zero-order valence-corrected chi connectivity index (χ0v) is 14.8. The van der Waals surface area contributed by atoms with Crippen molar-refractivity contribution in [1.29, 1.82) is 0 Å². The summed E-state index contributed by atoms with van der Waals surface area (Å²) in [7, 11) is 1.59. The Morgan fingerprint density at radius 3 is 2.80 bits per heavy atom. The van der Waals surface area contributed by atoms with E-state index in [4.69, 9.17) is 9.15 Å². The summed E-state index contributed by atoms with van der Waals surface area (Å²) in [5, 5.41) is 4.97. The Balaban J connectivity index is 1.71. The number of amides is 2. The van der Waals surface area contributed by atoms with Gasteiger partial charge in [-0.2, -0.15) is 0 Å². The van der Waals surface area contributed by atoms with Crippen molar-refractivity contribution in [3.63, 3.8) is 0 Å². The third-order valence-electron chi connectivity index (χ3n) is 3.77. The molecular formula is C19H20N2O3S. The molecule has 1 aromatic carbocycles. The van der Waals surface area contributed by atoms with Gasteiger partial charge in [0.2, 0.25) is 0 Å². The number of hydrogen-bond donors (Lipinski definition) is 1. The number of nitrogens with one attached hydrogen (secondary N) is 1. The van der Waals surface area contributed by atoms with Gasteiger partial charge >= 0.3 is 6.03 Å². The fourth-order valence-electron chi connectivity index (χ4n) is 2.49. The quantitative estimate of drug-likeness (QED) is 0.672. The highest BCUT2D eigenvalue weighted by Gasteiger charge is 2.17. The number of carbonyl (C=O) groups excluding carboxylic acids is 1. The third kappa shape index (κ3) is 4.64. The Kier molecular flexibility index (Phi) is 5.74. The van der Waals surface area contributed by atoms with E-state index < -0.39 is 0 Å². The van der Waals surface area contributed by atoms with E-state index in [9.17, 15) is 4.79 Å². The van der Waals surface area contributed by atoms with E-state index in [1.54, 1.807) is 29.6 Å². The zero-order valence-electron chi connectivity index (χ0n) is 14.0. The van der Waals surface area contributed by atoms with Crippen LogP contribution in [0.1, 0.15) is 10.6 Å². The molecule has 3 rings (SSSR count). The number of urea groups is 1. The number of thiophene rings is 1. The third-order valence-corrected chi connectivity index (χ3v) is 4.71. The first kappa shape index (κ1) is 17.1. The van der Waals surface area contributed by atoms with Crippen LogP contribution in [-0.4, -0.2) is 24.6 Å². The van der Waals surface area contributed by atoms with Crippen molar-refractivity contribution in [2.45, 2.75) is 13.0 Å². The van der Waals surface area contributed by atoms with Crippen molar-refractivity contribution in [2.24, 2.45) is 0 Å². The van der Waals surface area contributed by atoms with E-state index in [1.807, 2.05) is 47.8 Å². The maximum atomic E-state index is 12.8. The summed E-state index contributed by atoms with van der Waals surface area (Å²) in [5.41, 5.74) is 0.649. The van der Waals surface area contributed by atoms with Crippen LogP contribution < -0.4 is 10.1 Å². The Morgan fingerprint density at radius 1 is 1.20 bits per heavy atom. The highest BCUT2D eigenvalue weighted by molar-refractivity contribution is 7.09. The second-order valence-corrected chi connectivity index (χ2v) is 6.49. The SMILES string of the molecule is COc1ccccc1NC(=O)N(CCc1cccs1)Cc1ccco1. The van der Waals surface area contributed by atoms with Gasteiger partial charge in [-0.1, -0.05) is 18.2 Å². The minimum atomic E-state index is -0.183. The molecule has 0 radical (unpaired) electrons. The lowest BCUT2D eigenvalue weighted by molar-refractivity contribution is 0.205. The molecular weight excluding hydrogens is 336 g/mol. The van der Waals surface area contributed by atoms with Gasteiger partial charge in [-0.25, -0.2) is 4.79 Å². The Morgan fingerprint density at radius 2 is 2.08 bits per heavy atom. The second kappa shape index (κ2) is 8.39. The van der Waals surface area contributed by atoms with Crippen LogP contribution in [0.5, 0.6) is 5.75 Å². The van der Waals surface area contributed by atoms with Crippen LogP contribution in [0.2, 0.25) is 0 Å². The van der Waals surface area contributed by atoms with Crippen LogP contribution in [0.15, 0.2) is 64.6 Å². The maximum absolute atomic E-state index is 12.8. The minimum Gasteiger partial charge on any atom is -0.495 e. The second-order valence-electron chi connectivity index (χ2n) is 5.46. The summed E-state index contributed by atoms with van der Waals surface area (Å²) >= 11 is 1.69. The average molecular weight is 356 g/mol. The molecule has 3 aromatic rings. The smallest absolute Gasteiger partial charge is 0.322 e. The van der Waals surface area contributed by atoms with Crippen LogP contribution in [0.4, 0.5) is 10.5 Å². The standard InChI is InChI=1S/C19H20N2O3S/c1-23-18-9-3-2-8-17(18)20-19(22)21(14-15-6-4-12-24-15)11-10-16-7-5-13-25-16/h2-9,12-13H,10-11,14H2,1H3,(H,20,22). The van der Waals surface area contributed by atoms with Crippen LogP contribution in [0.3, 0.4) is 0 Å². The molecule has 0 fully saturated rings. The molecule has 130 valence electrons. The molecule has 2 amide bonds. The summed E-state index contributed by atoms with van der Waals surface area (Å²) in [6.07, 6.45) is 2.42. The molecule has 0 atom stereocenters. The lowest BCUT2D eigenvalue weighted by Gasteiger charge is -2.22. The number of nitrogens with zero attached hydrogens (tertiary/aromatic N) is 1. The monoisotopic (exact) mass is 356 g/mol. The van der Waals surface area contributed by atoms with Crippen molar-refractivity contribution < 1.29 is 13.9 Å². The van der Waals surface area contributed by atoms with E-state index in [2.05, 4.69) is 11.4 Å². The lowest BCUT2D eigenvalue weighted by Crippen LogP contribution is -2.36. The molecule has 6 heteroatoms. The summed E-state index contributed by atoms with van der Waals surface area (Å²) in [5.74, 6) is 1.38. The predicted molar refractivity (Wildman–Crippen MR) is 99.2 cm³/mol. The highest BCUT2D eigenvalue weighted by Crippen LogP contribution is 2.23. The van der Waals surface area contributed by atoms with E-state index >= 15 is 0 Å². The summed E-state index contributed by atoms with van der Waals surface area (Å²) in [6.45, 7) is 1.02. The Labute approximate surface area is 150 Å².